The molecule has 0 aliphatic carbocycles. The Morgan fingerprint density at radius 3 is 1.30 bits per heavy atom. The van der Waals surface area contributed by atoms with E-state index in [1.807, 2.05) is 41.5 Å². The predicted octanol–water partition coefficient (Wildman–Crippen LogP) is 7.50. The van der Waals surface area contributed by atoms with Gasteiger partial charge in [0.2, 0.25) is 0 Å². The first-order valence-electron chi connectivity index (χ1n) is 11.3. The number of benzene rings is 2. The van der Waals surface area contributed by atoms with E-state index in [1.165, 1.54) is 48.8 Å². The van der Waals surface area contributed by atoms with Crippen LogP contribution in [0.1, 0.15) is 41.5 Å². The maximum atomic E-state index is 13.7. The molecule has 0 spiro atoms. The molecule has 0 radical (unpaired) electrons. The average molecular weight is 558 g/mol. The highest BCUT2D eigenvalue weighted by atomic mass is 32.3. The number of hydrogen-bond acceptors (Lipinski definition) is 6. The molecule has 0 bridgehead atoms. The van der Waals surface area contributed by atoms with Gasteiger partial charge in [0.1, 0.15) is 22.7 Å². The van der Waals surface area contributed by atoms with E-state index in [-0.39, 0.29) is 14.7 Å². The van der Waals surface area contributed by atoms with Crippen molar-refractivity contribution >= 4 is 20.4 Å². The topological polar surface area (TPSA) is 74.7 Å². The lowest BCUT2D eigenvalue weighted by Gasteiger charge is -2.39. The van der Waals surface area contributed by atoms with Crippen LogP contribution in [-0.4, -0.2) is 30.1 Å². The van der Waals surface area contributed by atoms with Gasteiger partial charge in [-0.1, -0.05) is 0 Å². The zero-order valence-corrected chi connectivity index (χ0v) is 23.0. The van der Waals surface area contributed by atoms with Gasteiger partial charge in [-0.25, -0.2) is 0 Å². The van der Waals surface area contributed by atoms with Gasteiger partial charge in [0, 0.05) is 27.1 Å². The van der Waals surface area contributed by atoms with Crippen molar-refractivity contribution in [2.75, 3.05) is 0 Å². The van der Waals surface area contributed by atoms with Crippen LogP contribution in [0.4, 0.5) is 13.2 Å². The molecule has 1 aromatic heterocycles. The highest BCUT2D eigenvalue weighted by Gasteiger charge is 2.52. The molecule has 0 unspecified atom stereocenters. The van der Waals surface area contributed by atoms with E-state index in [2.05, 4.69) is 4.98 Å². The summed E-state index contributed by atoms with van der Waals surface area (Å²) in [7, 11) is -9.48. The molecule has 1 heterocycles. The molecule has 11 heteroatoms. The Kier molecular flexibility index (Phi) is 7.93. The maximum absolute atomic E-state index is 13.7. The lowest BCUT2D eigenvalue weighted by Crippen LogP contribution is -2.27. The molecule has 2 aromatic carbocycles. The Morgan fingerprint density at radius 1 is 0.622 bits per heavy atom. The Bertz CT molecular complexity index is 1240. The lowest BCUT2D eigenvalue weighted by molar-refractivity contribution is -0.0496. The standard InChI is InChI=1S/C26H30F3NO5S2/c1-24(2,3)33-19-7-11-21(12-8-19)36(23-15-17-30-18-16-23,35-37(31,32)26(27,28)29)22-13-9-20(10-14-22)34-25(4,5)6/h7-18H,1-6H3. The van der Waals surface area contributed by atoms with Crippen molar-refractivity contribution in [1.82, 2.24) is 4.98 Å². The molecule has 0 fully saturated rings. The third-order valence-corrected chi connectivity index (χ3v) is 9.52. The van der Waals surface area contributed by atoms with Gasteiger partial charge in [0.25, 0.3) is 0 Å². The lowest BCUT2D eigenvalue weighted by atomic mass is 10.2. The Balaban J connectivity index is 2.29. The number of ether oxygens (including phenoxy) is 2. The summed E-state index contributed by atoms with van der Waals surface area (Å²) in [6.07, 6.45) is 2.74. The van der Waals surface area contributed by atoms with Gasteiger partial charge in [0.15, 0.2) is 0 Å². The second kappa shape index (κ2) is 10.2. The second-order valence-electron chi connectivity index (χ2n) is 10.1. The summed E-state index contributed by atoms with van der Waals surface area (Å²) in [6.45, 7) is 11.1. The summed E-state index contributed by atoms with van der Waals surface area (Å²) in [5, 5.41) is 0. The smallest absolute Gasteiger partial charge is 0.488 e. The summed E-state index contributed by atoms with van der Waals surface area (Å²) < 4.78 is 82.9. The van der Waals surface area contributed by atoms with Crippen LogP contribution in [-0.2, 0) is 13.7 Å². The highest BCUT2D eigenvalue weighted by molar-refractivity contribution is 8.33. The van der Waals surface area contributed by atoms with Crippen molar-refractivity contribution in [3.8, 4) is 11.5 Å². The maximum Gasteiger partial charge on any atom is 0.524 e. The largest absolute Gasteiger partial charge is 0.524 e. The van der Waals surface area contributed by atoms with Crippen LogP contribution in [0, 0.1) is 0 Å². The summed E-state index contributed by atoms with van der Waals surface area (Å²) in [4.78, 5) is 4.60. The fourth-order valence-corrected chi connectivity index (χ4v) is 8.02. The zero-order valence-electron chi connectivity index (χ0n) is 21.4. The van der Waals surface area contributed by atoms with E-state index in [1.54, 1.807) is 24.3 Å². The molecule has 3 aromatic rings. The number of alkyl halides is 3. The fourth-order valence-electron chi connectivity index (χ4n) is 3.33. The second-order valence-corrected chi connectivity index (χ2v) is 14.5. The van der Waals surface area contributed by atoms with Gasteiger partial charge in [-0.05, 0) is 113 Å². The third-order valence-electron chi connectivity index (χ3n) is 4.62. The van der Waals surface area contributed by atoms with Crippen LogP contribution >= 0.6 is 10.3 Å². The van der Waals surface area contributed by atoms with E-state index in [0.29, 0.717) is 11.5 Å². The Hall–Kier alpha value is -2.76. The minimum absolute atomic E-state index is 0.212. The van der Waals surface area contributed by atoms with Crippen LogP contribution in [0.2, 0.25) is 0 Å². The van der Waals surface area contributed by atoms with Crippen LogP contribution in [0.15, 0.2) is 87.7 Å². The van der Waals surface area contributed by atoms with Crippen molar-refractivity contribution in [3.63, 3.8) is 0 Å². The molecular formula is C26H30F3NO5S2. The van der Waals surface area contributed by atoms with Crippen molar-refractivity contribution in [1.29, 1.82) is 0 Å². The molecule has 3 rings (SSSR count). The molecule has 0 aliphatic heterocycles. The SMILES string of the molecule is CC(C)(C)Oc1ccc(S(OS(=O)(=O)C(F)(F)F)(c2ccncc2)c2ccc(OC(C)(C)C)cc2)cc1. The summed E-state index contributed by atoms with van der Waals surface area (Å²) >= 11 is 0. The average Bonchev–Trinajstić information content (AvgIpc) is 2.76. The van der Waals surface area contributed by atoms with Crippen LogP contribution in [0.3, 0.4) is 0 Å². The number of pyridine rings is 1. The van der Waals surface area contributed by atoms with E-state index >= 15 is 0 Å². The van der Waals surface area contributed by atoms with Crippen molar-refractivity contribution in [2.45, 2.75) is 72.9 Å². The third kappa shape index (κ3) is 6.97. The van der Waals surface area contributed by atoms with Gasteiger partial charge in [-0.15, -0.1) is 0 Å². The molecule has 0 aliphatic rings. The van der Waals surface area contributed by atoms with Crippen LogP contribution < -0.4 is 9.47 Å². The molecule has 202 valence electrons. The van der Waals surface area contributed by atoms with Gasteiger partial charge in [0.05, 0.1) is 0 Å². The van der Waals surface area contributed by atoms with Crippen molar-refractivity contribution in [3.05, 3.63) is 73.1 Å². The minimum atomic E-state index is -6.02. The fraction of sp³-hybridized carbons (Fsp3) is 0.346. The number of halogens is 3. The molecule has 0 saturated heterocycles. The first kappa shape index (κ1) is 28.8. The predicted molar refractivity (Wildman–Crippen MR) is 136 cm³/mol. The van der Waals surface area contributed by atoms with Gasteiger partial charge in [-0.3, -0.25) is 4.98 Å². The minimum Gasteiger partial charge on any atom is -0.488 e. The van der Waals surface area contributed by atoms with Gasteiger partial charge < -0.3 is 9.47 Å². The number of aromatic nitrogens is 1. The zero-order chi connectivity index (χ0) is 27.7. The molecule has 0 atom stereocenters. The molecule has 0 amide bonds. The number of rotatable bonds is 7. The molecule has 37 heavy (non-hydrogen) atoms. The quantitative estimate of drug-likeness (QED) is 0.280. The van der Waals surface area contributed by atoms with Crippen molar-refractivity contribution < 1.29 is 34.7 Å². The van der Waals surface area contributed by atoms with E-state index in [0.717, 1.165) is 0 Å². The van der Waals surface area contributed by atoms with Crippen molar-refractivity contribution in [2.24, 2.45) is 0 Å². The van der Waals surface area contributed by atoms with Crippen LogP contribution in [0.25, 0.3) is 0 Å². The van der Waals surface area contributed by atoms with Gasteiger partial charge in [-0.2, -0.15) is 25.2 Å². The summed E-state index contributed by atoms with van der Waals surface area (Å²) in [5.74, 6) is 0.929. The van der Waals surface area contributed by atoms with Gasteiger partial charge >= 0.3 is 15.6 Å². The molecule has 0 saturated carbocycles. The number of hydrogen-bond donors (Lipinski definition) is 0. The normalized spacial score (nSPS) is 13.8. The van der Waals surface area contributed by atoms with Crippen LogP contribution in [0.5, 0.6) is 11.5 Å². The first-order valence-corrected chi connectivity index (χ1v) is 14.2. The molecule has 0 N–H and O–H groups in total. The number of nitrogens with zero attached hydrogens (tertiary/aromatic N) is 1. The first-order chi connectivity index (χ1) is 16.9. The Labute approximate surface area is 217 Å². The highest BCUT2D eigenvalue weighted by Crippen LogP contribution is 2.70. The molecular weight excluding hydrogens is 527 g/mol. The monoisotopic (exact) mass is 557 g/mol. The van der Waals surface area contributed by atoms with E-state index < -0.39 is 37.1 Å². The Morgan fingerprint density at radius 2 is 0.973 bits per heavy atom. The summed E-state index contributed by atoms with van der Waals surface area (Å²) in [6, 6.07) is 15.2. The summed E-state index contributed by atoms with van der Waals surface area (Å²) in [5.41, 5.74) is -6.67. The molecule has 6 nitrogen and oxygen atoms in total. The van der Waals surface area contributed by atoms with E-state index in [9.17, 15) is 21.6 Å². The van der Waals surface area contributed by atoms with E-state index in [4.69, 9.17) is 13.1 Å².